The van der Waals surface area contributed by atoms with Gasteiger partial charge < -0.3 is 20.5 Å². The Morgan fingerprint density at radius 2 is 2.13 bits per heavy atom. The molecule has 1 atom stereocenters. The number of pyridine rings is 1. The van der Waals surface area contributed by atoms with Gasteiger partial charge in [0.05, 0.1) is 12.6 Å². The van der Waals surface area contributed by atoms with E-state index in [1.165, 1.54) is 11.1 Å². The molecule has 0 radical (unpaired) electrons. The molecular formula is C24H30N4O2S. The fourth-order valence-corrected chi connectivity index (χ4v) is 6.06. The van der Waals surface area contributed by atoms with Gasteiger partial charge in [-0.15, -0.1) is 6.58 Å². The molecular weight excluding hydrogens is 408 g/mol. The van der Waals surface area contributed by atoms with Gasteiger partial charge >= 0.3 is 0 Å². The molecule has 1 unspecified atom stereocenters. The Labute approximate surface area is 188 Å². The van der Waals surface area contributed by atoms with Gasteiger partial charge in [-0.05, 0) is 68.0 Å². The monoisotopic (exact) mass is 438 g/mol. The number of aromatic nitrogens is 1. The second kappa shape index (κ2) is 8.93. The van der Waals surface area contributed by atoms with Gasteiger partial charge in [-0.3, -0.25) is 4.99 Å². The van der Waals surface area contributed by atoms with E-state index in [2.05, 4.69) is 42.0 Å². The molecule has 2 aliphatic rings. The summed E-state index contributed by atoms with van der Waals surface area (Å²) in [5.74, 6) is 1.38. The summed E-state index contributed by atoms with van der Waals surface area (Å²) >= 11 is 1.72. The fourth-order valence-electron chi connectivity index (χ4n) is 4.64. The molecule has 3 N–H and O–H groups in total. The number of methoxy groups -OCH3 is 1. The number of anilines is 2. The highest BCUT2D eigenvalue weighted by Crippen LogP contribution is 2.51. The van der Waals surface area contributed by atoms with Crippen LogP contribution in [-0.4, -0.2) is 35.2 Å². The van der Waals surface area contributed by atoms with Crippen molar-refractivity contribution in [2.75, 3.05) is 25.6 Å². The number of benzene rings is 1. The number of thioether (sulfide) groups is 1. The van der Waals surface area contributed by atoms with Crippen molar-refractivity contribution in [3.8, 4) is 5.75 Å². The lowest BCUT2D eigenvalue weighted by molar-refractivity contribution is 0.0692. The Bertz CT molecular complexity index is 987. The molecule has 7 heteroatoms. The Morgan fingerprint density at radius 1 is 1.32 bits per heavy atom. The first-order valence-corrected chi connectivity index (χ1v) is 11.4. The van der Waals surface area contributed by atoms with Crippen LogP contribution in [0, 0.1) is 0 Å². The molecule has 0 aliphatic carbocycles. The molecule has 4 rings (SSSR count). The van der Waals surface area contributed by atoms with Gasteiger partial charge in [0.2, 0.25) is 0 Å². The maximum Gasteiger partial charge on any atom is 0.173 e. The number of allylic oxidation sites excluding steroid dienone is 1. The van der Waals surface area contributed by atoms with Gasteiger partial charge in [0, 0.05) is 29.8 Å². The van der Waals surface area contributed by atoms with Crippen LogP contribution < -0.4 is 15.8 Å². The van der Waals surface area contributed by atoms with Gasteiger partial charge in [0.1, 0.15) is 0 Å². The van der Waals surface area contributed by atoms with Crippen LogP contribution in [0.3, 0.4) is 0 Å². The highest BCUT2D eigenvalue weighted by molar-refractivity contribution is 8.15. The van der Waals surface area contributed by atoms with Gasteiger partial charge in [0.15, 0.2) is 16.7 Å². The summed E-state index contributed by atoms with van der Waals surface area (Å²) < 4.78 is 11.2. The third kappa shape index (κ3) is 4.57. The molecule has 31 heavy (non-hydrogen) atoms. The van der Waals surface area contributed by atoms with Gasteiger partial charge in [-0.25, -0.2) is 4.98 Å². The summed E-state index contributed by atoms with van der Waals surface area (Å²) in [6.45, 7) is 7.70. The standard InChI is InChI=1S/C24H30N4O2S/c1-4-6-17-8-9-18(27-21-20(29-3)7-5-12-26-21)15-19(17)23(2)16-24(31-22(25)28-23)10-13-30-14-11-24/h4-5,7-9,12,15H,1,6,10-11,13-14,16H2,2-3H3,(H2,25,28)(H,26,27). The number of nitrogens with one attached hydrogen (secondary N) is 1. The SMILES string of the molecule is C=CCc1ccc(Nc2ncccc2OC)cc1C1(C)CC2(CCOCC2)SC(N)=N1. The van der Waals surface area contributed by atoms with Crippen molar-refractivity contribution in [3.05, 3.63) is 60.3 Å². The van der Waals surface area contributed by atoms with Crippen LogP contribution in [-0.2, 0) is 16.7 Å². The number of aliphatic imine (C=N–C) groups is 1. The predicted octanol–water partition coefficient (Wildman–Crippen LogP) is 4.78. The minimum absolute atomic E-state index is 0.0674. The van der Waals surface area contributed by atoms with Crippen LogP contribution in [0.25, 0.3) is 0 Å². The molecule has 2 aliphatic heterocycles. The second-order valence-electron chi connectivity index (χ2n) is 8.34. The van der Waals surface area contributed by atoms with Crippen LogP contribution in [0.2, 0.25) is 0 Å². The van der Waals surface area contributed by atoms with Crippen molar-refractivity contribution >= 4 is 28.4 Å². The molecule has 1 aromatic heterocycles. The lowest BCUT2D eigenvalue weighted by Gasteiger charge is -2.45. The molecule has 1 aromatic carbocycles. The fraction of sp³-hybridized carbons (Fsp3) is 0.417. The molecule has 0 saturated carbocycles. The van der Waals surface area contributed by atoms with E-state index in [0.29, 0.717) is 16.7 Å². The summed E-state index contributed by atoms with van der Waals surface area (Å²) in [4.78, 5) is 9.40. The van der Waals surface area contributed by atoms with Crippen LogP contribution in [0.15, 0.2) is 54.2 Å². The summed E-state index contributed by atoms with van der Waals surface area (Å²) in [6.07, 6.45) is 7.36. The average Bonchev–Trinajstić information content (AvgIpc) is 2.75. The molecule has 0 amide bonds. The molecule has 0 bridgehead atoms. The molecule has 1 fully saturated rings. The summed E-state index contributed by atoms with van der Waals surface area (Å²) in [5.41, 5.74) is 9.28. The normalized spacial score (nSPS) is 22.6. The smallest absolute Gasteiger partial charge is 0.173 e. The molecule has 1 spiro atoms. The van der Waals surface area contributed by atoms with Crippen LogP contribution >= 0.6 is 11.8 Å². The average molecular weight is 439 g/mol. The first-order chi connectivity index (χ1) is 15.0. The van der Waals surface area contributed by atoms with Crippen molar-refractivity contribution in [2.24, 2.45) is 10.7 Å². The van der Waals surface area contributed by atoms with E-state index in [-0.39, 0.29) is 4.75 Å². The molecule has 3 heterocycles. The highest BCUT2D eigenvalue weighted by atomic mass is 32.2. The van der Waals surface area contributed by atoms with Crippen LogP contribution in [0.1, 0.15) is 37.3 Å². The second-order valence-corrected chi connectivity index (χ2v) is 9.83. The van der Waals surface area contributed by atoms with Crippen molar-refractivity contribution in [1.29, 1.82) is 0 Å². The van der Waals surface area contributed by atoms with Crippen LogP contribution in [0.4, 0.5) is 11.5 Å². The zero-order chi connectivity index (χ0) is 21.9. The Kier molecular flexibility index (Phi) is 6.25. The zero-order valence-electron chi connectivity index (χ0n) is 18.2. The van der Waals surface area contributed by atoms with Crippen molar-refractivity contribution in [2.45, 2.75) is 42.9 Å². The molecule has 2 aromatic rings. The predicted molar refractivity (Wildman–Crippen MR) is 128 cm³/mol. The molecule has 164 valence electrons. The number of nitrogens with zero attached hydrogens (tertiary/aromatic N) is 2. The molecule has 1 saturated heterocycles. The van der Waals surface area contributed by atoms with Crippen molar-refractivity contribution < 1.29 is 9.47 Å². The number of hydrogen-bond acceptors (Lipinski definition) is 7. The maximum atomic E-state index is 6.39. The number of ether oxygens (including phenoxy) is 2. The Morgan fingerprint density at radius 3 is 2.87 bits per heavy atom. The number of nitrogens with two attached hydrogens (primary N) is 1. The van der Waals surface area contributed by atoms with Gasteiger partial charge in [-0.1, -0.05) is 23.9 Å². The summed E-state index contributed by atoms with van der Waals surface area (Å²) in [6, 6.07) is 10.1. The largest absolute Gasteiger partial charge is 0.493 e. The first kappa shape index (κ1) is 21.7. The summed E-state index contributed by atoms with van der Waals surface area (Å²) in [5, 5.41) is 4.06. The lowest BCUT2D eigenvalue weighted by Crippen LogP contribution is -2.45. The van der Waals surface area contributed by atoms with E-state index in [1.54, 1.807) is 25.1 Å². The Balaban J connectivity index is 1.74. The number of amidine groups is 1. The Hall–Kier alpha value is -2.51. The third-order valence-corrected chi connectivity index (χ3v) is 7.34. The maximum absolute atomic E-state index is 6.39. The van der Waals surface area contributed by atoms with Gasteiger partial charge in [0.25, 0.3) is 0 Å². The minimum Gasteiger partial charge on any atom is -0.493 e. The van der Waals surface area contributed by atoms with E-state index < -0.39 is 5.54 Å². The van der Waals surface area contributed by atoms with Crippen LogP contribution in [0.5, 0.6) is 5.75 Å². The third-order valence-electron chi connectivity index (χ3n) is 6.06. The molecule has 6 nitrogen and oxygen atoms in total. The van der Waals surface area contributed by atoms with Crippen molar-refractivity contribution in [3.63, 3.8) is 0 Å². The number of rotatable bonds is 6. The van der Waals surface area contributed by atoms with E-state index in [0.717, 1.165) is 44.6 Å². The van der Waals surface area contributed by atoms with Gasteiger partial charge in [-0.2, -0.15) is 0 Å². The van der Waals surface area contributed by atoms with E-state index in [9.17, 15) is 0 Å². The van der Waals surface area contributed by atoms with E-state index >= 15 is 0 Å². The lowest BCUT2D eigenvalue weighted by atomic mass is 9.77. The number of hydrogen-bond donors (Lipinski definition) is 2. The van der Waals surface area contributed by atoms with E-state index in [1.807, 2.05) is 18.2 Å². The minimum atomic E-state index is -0.420. The quantitative estimate of drug-likeness (QED) is 0.632. The summed E-state index contributed by atoms with van der Waals surface area (Å²) in [7, 11) is 1.65. The topological polar surface area (TPSA) is 81.8 Å². The van der Waals surface area contributed by atoms with Crippen molar-refractivity contribution in [1.82, 2.24) is 4.98 Å². The zero-order valence-corrected chi connectivity index (χ0v) is 19.0. The van der Waals surface area contributed by atoms with E-state index in [4.69, 9.17) is 20.2 Å². The first-order valence-electron chi connectivity index (χ1n) is 10.6. The highest BCUT2D eigenvalue weighted by Gasteiger charge is 2.46.